The topological polar surface area (TPSA) is 59.1 Å². The molecule has 0 spiro atoms. The first-order valence-electron chi connectivity index (χ1n) is 12.4. The normalized spacial score (nSPS) is 12.4. The van der Waals surface area contributed by atoms with Crippen molar-refractivity contribution in [2.75, 3.05) is 24.0 Å². The number of nitrogens with zero attached hydrogens (tertiary/aromatic N) is 2. The Kier molecular flexibility index (Phi) is 9.12. The third-order valence-electron chi connectivity index (χ3n) is 6.58. The van der Waals surface area contributed by atoms with E-state index in [9.17, 15) is 9.59 Å². The molecule has 0 aliphatic carbocycles. The molecule has 0 fully saturated rings. The van der Waals surface area contributed by atoms with Gasteiger partial charge in [-0.15, -0.1) is 0 Å². The Hall–Kier alpha value is -3.80. The predicted octanol–water partition coefficient (Wildman–Crippen LogP) is 6.59. The van der Waals surface area contributed by atoms with Crippen molar-refractivity contribution in [1.82, 2.24) is 0 Å². The van der Waals surface area contributed by atoms with Gasteiger partial charge in [0.15, 0.2) is 0 Å². The van der Waals surface area contributed by atoms with Crippen LogP contribution in [0.3, 0.4) is 0 Å². The third kappa shape index (κ3) is 5.88. The minimum absolute atomic E-state index is 0.00273. The molecule has 3 aromatic carbocycles. The molecule has 0 N–H and O–H groups in total. The molecule has 0 saturated heterocycles. The Morgan fingerprint density at radius 3 is 1.17 bits per heavy atom. The fourth-order valence-corrected chi connectivity index (χ4v) is 4.03. The van der Waals surface area contributed by atoms with Crippen molar-refractivity contribution in [3.63, 3.8) is 0 Å². The van der Waals surface area contributed by atoms with Gasteiger partial charge in [0.25, 0.3) is 11.8 Å². The summed E-state index contributed by atoms with van der Waals surface area (Å²) in [6.45, 7) is 8.19. The Balaban J connectivity index is 1.93. The van der Waals surface area contributed by atoms with Crippen LogP contribution in [-0.4, -0.2) is 38.1 Å². The zero-order valence-electron chi connectivity index (χ0n) is 22.0. The molecule has 190 valence electrons. The first kappa shape index (κ1) is 26.8. The number of rotatable bonds is 10. The molecule has 0 unspecified atom stereocenters. The molecule has 2 amide bonds. The van der Waals surface area contributed by atoms with Crippen LogP contribution >= 0.6 is 0 Å². The second-order valence-electron chi connectivity index (χ2n) is 8.84. The van der Waals surface area contributed by atoms with Gasteiger partial charge in [-0.2, -0.15) is 0 Å². The Labute approximate surface area is 214 Å². The molecule has 36 heavy (non-hydrogen) atoms. The van der Waals surface area contributed by atoms with Gasteiger partial charge in [-0.05, 0) is 99.5 Å². The molecule has 0 aliphatic heterocycles. The Morgan fingerprint density at radius 1 is 0.611 bits per heavy atom. The van der Waals surface area contributed by atoms with Crippen LogP contribution in [-0.2, 0) is 0 Å². The van der Waals surface area contributed by atoms with Crippen molar-refractivity contribution in [1.29, 1.82) is 0 Å². The van der Waals surface area contributed by atoms with Crippen molar-refractivity contribution in [3.8, 4) is 11.5 Å². The quantitative estimate of drug-likeness (QED) is 0.323. The number of carbonyl (C=O) groups is 2. The van der Waals surface area contributed by atoms with Crippen LogP contribution in [0.15, 0.2) is 72.8 Å². The first-order chi connectivity index (χ1) is 17.3. The highest BCUT2D eigenvalue weighted by molar-refractivity contribution is 6.08. The molecule has 2 atom stereocenters. The van der Waals surface area contributed by atoms with Gasteiger partial charge >= 0.3 is 0 Å². The van der Waals surface area contributed by atoms with Gasteiger partial charge in [0.05, 0.1) is 14.2 Å². The molecule has 0 aromatic heterocycles. The van der Waals surface area contributed by atoms with E-state index in [1.807, 2.05) is 47.9 Å². The number of carbonyl (C=O) groups excluding carboxylic acids is 2. The SMILES string of the molecule is CC[C@@H](C)N(C(=O)c1ccc(OC)cc1)c1ccc(N(C(=O)c2ccc(OC)cc2)[C@@H](C)CC)cc1. The van der Waals surface area contributed by atoms with Crippen molar-refractivity contribution in [3.05, 3.63) is 83.9 Å². The minimum Gasteiger partial charge on any atom is -0.497 e. The van der Waals surface area contributed by atoms with E-state index in [0.29, 0.717) is 22.6 Å². The number of ether oxygens (including phenoxy) is 2. The molecule has 0 bridgehead atoms. The van der Waals surface area contributed by atoms with Gasteiger partial charge in [-0.3, -0.25) is 9.59 Å². The van der Waals surface area contributed by atoms with Crippen LogP contribution in [0, 0.1) is 0 Å². The molecule has 0 heterocycles. The molecule has 0 radical (unpaired) electrons. The summed E-state index contributed by atoms with van der Waals surface area (Å²) >= 11 is 0. The molecular formula is C30H36N2O4. The van der Waals surface area contributed by atoms with Crippen molar-refractivity contribution < 1.29 is 19.1 Å². The van der Waals surface area contributed by atoms with Crippen LogP contribution < -0.4 is 19.3 Å². The van der Waals surface area contributed by atoms with Gasteiger partial charge in [0, 0.05) is 34.6 Å². The number of anilines is 2. The second-order valence-corrected chi connectivity index (χ2v) is 8.84. The van der Waals surface area contributed by atoms with E-state index in [1.54, 1.807) is 62.8 Å². The molecule has 6 nitrogen and oxygen atoms in total. The van der Waals surface area contributed by atoms with Crippen molar-refractivity contribution in [2.45, 2.75) is 52.6 Å². The molecule has 6 heteroatoms. The molecule has 3 aromatic rings. The summed E-state index contributed by atoms with van der Waals surface area (Å²) in [5.74, 6) is 1.26. The largest absolute Gasteiger partial charge is 0.497 e. The summed E-state index contributed by atoms with van der Waals surface area (Å²) in [7, 11) is 3.21. The monoisotopic (exact) mass is 488 g/mol. The van der Waals surface area contributed by atoms with Crippen LogP contribution in [0.1, 0.15) is 61.3 Å². The molecule has 0 saturated carbocycles. The average molecular weight is 489 g/mol. The average Bonchev–Trinajstić information content (AvgIpc) is 2.93. The minimum atomic E-state index is -0.0761. The second kappa shape index (κ2) is 12.2. The highest BCUT2D eigenvalue weighted by Gasteiger charge is 2.25. The lowest BCUT2D eigenvalue weighted by Gasteiger charge is -2.31. The number of amides is 2. The summed E-state index contributed by atoms with van der Waals surface area (Å²) in [6.07, 6.45) is 1.61. The van der Waals surface area contributed by atoms with Crippen LogP contribution in [0.4, 0.5) is 11.4 Å². The third-order valence-corrected chi connectivity index (χ3v) is 6.58. The molecule has 3 rings (SSSR count). The fourth-order valence-electron chi connectivity index (χ4n) is 4.03. The van der Waals surface area contributed by atoms with E-state index < -0.39 is 0 Å². The Morgan fingerprint density at radius 2 is 0.917 bits per heavy atom. The summed E-state index contributed by atoms with van der Waals surface area (Å²) in [5, 5.41) is 0. The Bertz CT molecular complexity index is 1050. The maximum atomic E-state index is 13.5. The first-order valence-corrected chi connectivity index (χ1v) is 12.4. The lowest BCUT2D eigenvalue weighted by atomic mass is 10.1. The standard InChI is InChI=1S/C30H36N2O4/c1-7-21(3)31(29(33)23-9-17-27(35-5)18-10-23)25-13-15-26(16-14-25)32(22(4)8-2)30(34)24-11-19-28(36-6)20-12-24/h9-22H,7-8H2,1-6H3/t21-,22+. The summed E-state index contributed by atoms with van der Waals surface area (Å²) in [4.78, 5) is 30.6. The maximum absolute atomic E-state index is 13.5. The highest BCUT2D eigenvalue weighted by Crippen LogP contribution is 2.28. The van der Waals surface area contributed by atoms with Gasteiger partial charge in [0.1, 0.15) is 11.5 Å². The van der Waals surface area contributed by atoms with Crippen LogP contribution in [0.2, 0.25) is 0 Å². The highest BCUT2D eigenvalue weighted by atomic mass is 16.5. The zero-order valence-corrected chi connectivity index (χ0v) is 22.0. The van der Waals surface area contributed by atoms with E-state index in [4.69, 9.17) is 9.47 Å². The van der Waals surface area contributed by atoms with E-state index in [2.05, 4.69) is 13.8 Å². The van der Waals surface area contributed by atoms with Crippen molar-refractivity contribution in [2.24, 2.45) is 0 Å². The molecular weight excluding hydrogens is 452 g/mol. The van der Waals surface area contributed by atoms with Gasteiger partial charge in [-0.25, -0.2) is 0 Å². The molecule has 0 aliphatic rings. The lowest BCUT2D eigenvalue weighted by Crippen LogP contribution is -2.39. The number of benzene rings is 3. The van der Waals surface area contributed by atoms with E-state index in [1.165, 1.54) is 0 Å². The van der Waals surface area contributed by atoms with Crippen LogP contribution in [0.25, 0.3) is 0 Å². The van der Waals surface area contributed by atoms with Gasteiger partial charge in [0.2, 0.25) is 0 Å². The van der Waals surface area contributed by atoms with E-state index >= 15 is 0 Å². The smallest absolute Gasteiger partial charge is 0.258 e. The predicted molar refractivity (Wildman–Crippen MR) is 146 cm³/mol. The lowest BCUT2D eigenvalue weighted by molar-refractivity contribution is 0.0969. The number of hydrogen-bond donors (Lipinski definition) is 0. The summed E-state index contributed by atoms with van der Waals surface area (Å²) in [6, 6.07) is 21.9. The maximum Gasteiger partial charge on any atom is 0.258 e. The van der Waals surface area contributed by atoms with Gasteiger partial charge in [-0.1, -0.05) is 13.8 Å². The van der Waals surface area contributed by atoms with Gasteiger partial charge < -0.3 is 19.3 Å². The van der Waals surface area contributed by atoms with E-state index in [-0.39, 0.29) is 23.9 Å². The summed E-state index contributed by atoms with van der Waals surface area (Å²) < 4.78 is 10.5. The van der Waals surface area contributed by atoms with Crippen LogP contribution in [0.5, 0.6) is 11.5 Å². The number of hydrogen-bond acceptors (Lipinski definition) is 4. The zero-order chi connectivity index (χ0) is 26.2. The summed E-state index contributed by atoms with van der Waals surface area (Å²) in [5.41, 5.74) is 2.76. The van der Waals surface area contributed by atoms with E-state index in [0.717, 1.165) is 24.2 Å². The number of methoxy groups -OCH3 is 2. The van der Waals surface area contributed by atoms with Crippen molar-refractivity contribution >= 4 is 23.2 Å². The fraction of sp³-hybridized carbons (Fsp3) is 0.333.